The van der Waals surface area contributed by atoms with Crippen LogP contribution in [0.5, 0.6) is 0 Å². The number of nitrogens with one attached hydrogen (secondary N) is 1. The van der Waals surface area contributed by atoms with Gasteiger partial charge in [0.2, 0.25) is 5.91 Å². The minimum Gasteiger partial charge on any atom is -0.483 e. The average Bonchev–Trinajstić information content (AvgIpc) is 2.77. The first kappa shape index (κ1) is 26.4. The standard InChI is InChI=1S/C22H35N3O3.CH2O2/c1-6-14-28-20-15-17(22(27)25(5)7-2)10-13-19(20)23-21(26)16-8-11-18(12-9-16)24(3)4;2-1-3/h8-9,11-12,17,19-20H,6-7,10,13-15H2,1-5H3,(H,23,26);1H,(H,2,3)/t17-,19+,20+;/m0./s1. The van der Waals surface area contributed by atoms with Crippen molar-refractivity contribution in [2.75, 3.05) is 39.2 Å². The molecular weight excluding hydrogens is 398 g/mol. The molecule has 3 atom stereocenters. The summed E-state index contributed by atoms with van der Waals surface area (Å²) in [7, 11) is 5.79. The molecule has 8 nitrogen and oxygen atoms in total. The van der Waals surface area contributed by atoms with Crippen molar-refractivity contribution in [1.82, 2.24) is 10.2 Å². The molecule has 0 unspecified atom stereocenters. The molecule has 0 radical (unpaired) electrons. The first-order valence-corrected chi connectivity index (χ1v) is 10.8. The van der Waals surface area contributed by atoms with Crippen LogP contribution in [0.3, 0.4) is 0 Å². The zero-order valence-electron chi connectivity index (χ0n) is 19.3. The van der Waals surface area contributed by atoms with Crippen LogP contribution in [0.2, 0.25) is 0 Å². The lowest BCUT2D eigenvalue weighted by molar-refractivity contribution is -0.137. The maximum Gasteiger partial charge on any atom is 0.290 e. The van der Waals surface area contributed by atoms with Crippen LogP contribution in [0.15, 0.2) is 24.3 Å². The Kier molecular flexibility index (Phi) is 11.6. The molecule has 1 aromatic carbocycles. The van der Waals surface area contributed by atoms with E-state index >= 15 is 0 Å². The second kappa shape index (κ2) is 13.6. The largest absolute Gasteiger partial charge is 0.483 e. The molecule has 0 spiro atoms. The molecule has 0 heterocycles. The van der Waals surface area contributed by atoms with Crippen molar-refractivity contribution in [3.8, 4) is 0 Å². The molecule has 8 heteroatoms. The fourth-order valence-electron chi connectivity index (χ4n) is 3.60. The Labute approximate surface area is 185 Å². The number of carbonyl (C=O) groups is 3. The van der Waals surface area contributed by atoms with Gasteiger partial charge in [0.25, 0.3) is 12.4 Å². The van der Waals surface area contributed by atoms with Crippen molar-refractivity contribution in [3.63, 3.8) is 0 Å². The molecule has 2 rings (SSSR count). The summed E-state index contributed by atoms with van der Waals surface area (Å²) in [5, 5.41) is 10.0. The molecule has 1 aliphatic carbocycles. The highest BCUT2D eigenvalue weighted by Crippen LogP contribution is 2.29. The van der Waals surface area contributed by atoms with Gasteiger partial charge in [0.05, 0.1) is 12.1 Å². The van der Waals surface area contributed by atoms with E-state index in [2.05, 4.69) is 12.2 Å². The van der Waals surface area contributed by atoms with Crippen LogP contribution in [-0.2, 0) is 14.3 Å². The second-order valence-electron chi connectivity index (χ2n) is 7.90. The van der Waals surface area contributed by atoms with E-state index in [9.17, 15) is 9.59 Å². The third kappa shape index (κ3) is 8.20. The quantitative estimate of drug-likeness (QED) is 0.609. The van der Waals surface area contributed by atoms with E-state index in [-0.39, 0.29) is 36.4 Å². The summed E-state index contributed by atoms with van der Waals surface area (Å²) in [4.78, 5) is 37.4. The SMILES string of the molecule is CCCO[C@@H]1C[C@@H](C(=O)N(C)CC)CC[C@H]1NC(=O)c1ccc(N(C)C)cc1.O=CO. The molecule has 0 aliphatic heterocycles. The van der Waals surface area contributed by atoms with E-state index in [1.54, 1.807) is 4.90 Å². The highest BCUT2D eigenvalue weighted by atomic mass is 16.5. The fourth-order valence-corrected chi connectivity index (χ4v) is 3.60. The van der Waals surface area contributed by atoms with Crippen LogP contribution in [-0.4, -0.2) is 74.7 Å². The smallest absolute Gasteiger partial charge is 0.290 e. The van der Waals surface area contributed by atoms with Gasteiger partial charge in [0.1, 0.15) is 0 Å². The number of rotatable bonds is 8. The monoisotopic (exact) mass is 435 g/mol. The van der Waals surface area contributed by atoms with Gasteiger partial charge >= 0.3 is 0 Å². The van der Waals surface area contributed by atoms with Gasteiger partial charge in [-0.2, -0.15) is 0 Å². The van der Waals surface area contributed by atoms with Crippen molar-refractivity contribution >= 4 is 24.0 Å². The van der Waals surface area contributed by atoms with Gasteiger partial charge in [0, 0.05) is 51.5 Å². The van der Waals surface area contributed by atoms with E-state index in [0.29, 0.717) is 25.1 Å². The topological polar surface area (TPSA) is 99.2 Å². The van der Waals surface area contributed by atoms with Crippen molar-refractivity contribution in [2.45, 2.75) is 51.7 Å². The van der Waals surface area contributed by atoms with Crippen molar-refractivity contribution in [2.24, 2.45) is 5.92 Å². The Morgan fingerprint density at radius 1 is 1.16 bits per heavy atom. The Hall–Kier alpha value is -2.61. The predicted octanol–water partition coefficient (Wildman–Crippen LogP) is 2.63. The van der Waals surface area contributed by atoms with Crippen molar-refractivity contribution in [1.29, 1.82) is 0 Å². The number of ether oxygens (including phenoxy) is 1. The normalized spacial score (nSPS) is 20.1. The molecule has 2 amide bonds. The lowest BCUT2D eigenvalue weighted by Gasteiger charge is -2.37. The van der Waals surface area contributed by atoms with E-state index < -0.39 is 0 Å². The van der Waals surface area contributed by atoms with Crippen molar-refractivity contribution < 1.29 is 24.2 Å². The molecule has 31 heavy (non-hydrogen) atoms. The predicted molar refractivity (Wildman–Crippen MR) is 121 cm³/mol. The molecular formula is C23H37N3O5. The molecule has 0 saturated heterocycles. The number of carboxylic acid groups (broad SMARTS) is 1. The van der Waals surface area contributed by atoms with Crippen LogP contribution in [0.25, 0.3) is 0 Å². The van der Waals surface area contributed by atoms with Crippen molar-refractivity contribution in [3.05, 3.63) is 29.8 Å². The molecule has 1 aromatic rings. The van der Waals surface area contributed by atoms with Crippen LogP contribution < -0.4 is 10.2 Å². The first-order valence-electron chi connectivity index (χ1n) is 10.8. The average molecular weight is 436 g/mol. The molecule has 2 N–H and O–H groups in total. The Bertz CT molecular complexity index is 693. The van der Waals surface area contributed by atoms with Crippen LogP contribution >= 0.6 is 0 Å². The van der Waals surface area contributed by atoms with Gasteiger partial charge in [-0.1, -0.05) is 6.92 Å². The first-order chi connectivity index (χ1) is 14.8. The van der Waals surface area contributed by atoms with Gasteiger partial charge in [0.15, 0.2) is 0 Å². The lowest BCUT2D eigenvalue weighted by atomic mass is 9.82. The minimum atomic E-state index is -0.250. The zero-order valence-corrected chi connectivity index (χ0v) is 19.3. The summed E-state index contributed by atoms with van der Waals surface area (Å²) in [6, 6.07) is 7.51. The molecule has 0 bridgehead atoms. The number of amides is 2. The lowest BCUT2D eigenvalue weighted by Crippen LogP contribution is -2.50. The van der Waals surface area contributed by atoms with Crippen LogP contribution in [0, 0.1) is 5.92 Å². The molecule has 1 fully saturated rings. The summed E-state index contributed by atoms with van der Waals surface area (Å²) < 4.78 is 6.03. The van der Waals surface area contributed by atoms with Gasteiger partial charge in [-0.3, -0.25) is 14.4 Å². The highest BCUT2D eigenvalue weighted by molar-refractivity contribution is 5.94. The number of benzene rings is 1. The fraction of sp³-hybridized carbons (Fsp3) is 0.609. The van der Waals surface area contributed by atoms with E-state index in [0.717, 1.165) is 24.9 Å². The maximum absolute atomic E-state index is 12.7. The summed E-state index contributed by atoms with van der Waals surface area (Å²) in [5.74, 6) is 0.0619. The number of hydrogen-bond donors (Lipinski definition) is 2. The number of carbonyl (C=O) groups excluding carboxylic acids is 2. The Balaban J connectivity index is 0.00000151. The second-order valence-corrected chi connectivity index (χ2v) is 7.90. The summed E-state index contributed by atoms with van der Waals surface area (Å²) in [6.07, 6.45) is 2.98. The molecule has 1 saturated carbocycles. The summed E-state index contributed by atoms with van der Waals surface area (Å²) >= 11 is 0. The number of hydrogen-bond acceptors (Lipinski definition) is 5. The van der Waals surface area contributed by atoms with E-state index in [4.69, 9.17) is 14.6 Å². The number of anilines is 1. The molecule has 174 valence electrons. The van der Waals surface area contributed by atoms with Crippen LogP contribution in [0.1, 0.15) is 49.9 Å². The maximum atomic E-state index is 12.7. The van der Waals surface area contributed by atoms with E-state index in [1.807, 2.05) is 57.2 Å². The van der Waals surface area contributed by atoms with Crippen LogP contribution in [0.4, 0.5) is 5.69 Å². The minimum absolute atomic E-state index is 0.0284. The van der Waals surface area contributed by atoms with Gasteiger partial charge in [-0.15, -0.1) is 0 Å². The summed E-state index contributed by atoms with van der Waals surface area (Å²) in [6.45, 7) is 5.14. The zero-order chi connectivity index (χ0) is 23.4. The third-order valence-corrected chi connectivity index (χ3v) is 5.49. The summed E-state index contributed by atoms with van der Waals surface area (Å²) in [5.41, 5.74) is 1.70. The molecule has 0 aromatic heterocycles. The van der Waals surface area contributed by atoms with E-state index in [1.165, 1.54) is 0 Å². The van der Waals surface area contributed by atoms with Gasteiger partial charge in [-0.25, -0.2) is 0 Å². The van der Waals surface area contributed by atoms with Gasteiger partial charge in [-0.05, 0) is 56.9 Å². The number of nitrogens with zero attached hydrogens (tertiary/aromatic N) is 2. The molecule has 1 aliphatic rings. The Morgan fingerprint density at radius 3 is 2.29 bits per heavy atom. The third-order valence-electron chi connectivity index (χ3n) is 5.49. The van der Waals surface area contributed by atoms with Gasteiger partial charge < -0.3 is 25.0 Å². The Morgan fingerprint density at radius 2 is 1.77 bits per heavy atom. The highest BCUT2D eigenvalue weighted by Gasteiger charge is 2.36.